The number of nitrogens with zero attached hydrogens (tertiary/aromatic N) is 1. The molecule has 1 atom stereocenters. The Kier molecular flexibility index (Phi) is 4.05. The van der Waals surface area contributed by atoms with Gasteiger partial charge in [0.25, 0.3) is 0 Å². The van der Waals surface area contributed by atoms with Gasteiger partial charge in [0.2, 0.25) is 0 Å². The van der Waals surface area contributed by atoms with E-state index in [1.54, 1.807) is 6.20 Å². The third-order valence-electron chi connectivity index (χ3n) is 3.42. The van der Waals surface area contributed by atoms with Crippen LogP contribution < -0.4 is 5.32 Å². The zero-order valence-corrected chi connectivity index (χ0v) is 12.2. The molecule has 0 saturated carbocycles. The molecule has 0 spiro atoms. The number of aromatic nitrogens is 2. The Morgan fingerprint density at radius 2 is 1.95 bits per heavy atom. The standard InChI is InChI=1S/C16H23N3/c1-12-7-5-6-8-14(12)15(16(2,3)4)17-11-13-9-10-18-19-13/h5-10,15,17H,11H2,1-4H3,(H,18,19)/t15-/m1/s1. The van der Waals surface area contributed by atoms with E-state index in [1.165, 1.54) is 11.1 Å². The summed E-state index contributed by atoms with van der Waals surface area (Å²) in [4.78, 5) is 0. The largest absolute Gasteiger partial charge is 0.304 e. The second-order valence-electron chi connectivity index (χ2n) is 6.12. The molecule has 0 aliphatic carbocycles. The number of hydrogen-bond donors (Lipinski definition) is 2. The van der Waals surface area contributed by atoms with E-state index in [4.69, 9.17) is 0 Å². The van der Waals surface area contributed by atoms with Crippen molar-refractivity contribution < 1.29 is 0 Å². The summed E-state index contributed by atoms with van der Waals surface area (Å²) < 4.78 is 0. The van der Waals surface area contributed by atoms with Gasteiger partial charge in [-0.3, -0.25) is 5.10 Å². The highest BCUT2D eigenvalue weighted by Gasteiger charge is 2.26. The fourth-order valence-corrected chi connectivity index (χ4v) is 2.39. The van der Waals surface area contributed by atoms with Gasteiger partial charge >= 0.3 is 0 Å². The van der Waals surface area contributed by atoms with Crippen molar-refractivity contribution in [1.82, 2.24) is 15.5 Å². The minimum Gasteiger partial charge on any atom is -0.304 e. The minimum absolute atomic E-state index is 0.159. The highest BCUT2D eigenvalue weighted by Crippen LogP contribution is 2.34. The molecular formula is C16H23N3. The quantitative estimate of drug-likeness (QED) is 0.878. The van der Waals surface area contributed by atoms with Crippen molar-refractivity contribution in [1.29, 1.82) is 0 Å². The van der Waals surface area contributed by atoms with Crippen LogP contribution in [0.1, 0.15) is 43.6 Å². The lowest BCUT2D eigenvalue weighted by Gasteiger charge is -2.33. The molecule has 0 aliphatic heterocycles. The molecular weight excluding hydrogens is 234 g/mol. The number of benzene rings is 1. The average Bonchev–Trinajstić information content (AvgIpc) is 2.83. The van der Waals surface area contributed by atoms with E-state index < -0.39 is 0 Å². The van der Waals surface area contributed by atoms with Gasteiger partial charge in [-0.05, 0) is 29.5 Å². The second kappa shape index (κ2) is 5.57. The summed E-state index contributed by atoms with van der Waals surface area (Å²) in [7, 11) is 0. The Bertz CT molecular complexity index is 509. The van der Waals surface area contributed by atoms with Crippen molar-refractivity contribution in [2.24, 2.45) is 5.41 Å². The Balaban J connectivity index is 2.20. The van der Waals surface area contributed by atoms with Crippen molar-refractivity contribution in [3.05, 3.63) is 53.3 Å². The first kappa shape index (κ1) is 13.8. The number of aryl methyl sites for hydroxylation is 1. The van der Waals surface area contributed by atoms with Crippen molar-refractivity contribution >= 4 is 0 Å². The van der Waals surface area contributed by atoms with Crippen LogP contribution in [0.2, 0.25) is 0 Å². The molecule has 0 fully saturated rings. The molecule has 19 heavy (non-hydrogen) atoms. The molecule has 2 N–H and O–H groups in total. The summed E-state index contributed by atoms with van der Waals surface area (Å²) in [5.74, 6) is 0. The molecule has 1 heterocycles. The zero-order valence-electron chi connectivity index (χ0n) is 12.2. The van der Waals surface area contributed by atoms with Gasteiger partial charge in [0.15, 0.2) is 0 Å². The molecule has 0 unspecified atom stereocenters. The van der Waals surface area contributed by atoms with E-state index in [1.807, 2.05) is 6.07 Å². The van der Waals surface area contributed by atoms with Crippen molar-refractivity contribution in [3.63, 3.8) is 0 Å². The van der Waals surface area contributed by atoms with Gasteiger partial charge in [-0.15, -0.1) is 0 Å². The summed E-state index contributed by atoms with van der Waals surface area (Å²) in [5.41, 5.74) is 3.98. The van der Waals surface area contributed by atoms with Crippen LogP contribution in [0.3, 0.4) is 0 Å². The highest BCUT2D eigenvalue weighted by atomic mass is 15.1. The molecule has 0 bridgehead atoms. The monoisotopic (exact) mass is 257 g/mol. The molecule has 3 heteroatoms. The Hall–Kier alpha value is -1.61. The fourth-order valence-electron chi connectivity index (χ4n) is 2.39. The van der Waals surface area contributed by atoms with E-state index in [2.05, 4.69) is 67.5 Å². The first-order valence-corrected chi connectivity index (χ1v) is 6.75. The van der Waals surface area contributed by atoms with Crippen LogP contribution in [0.15, 0.2) is 36.5 Å². The van der Waals surface area contributed by atoms with E-state index >= 15 is 0 Å². The third-order valence-corrected chi connectivity index (χ3v) is 3.42. The lowest BCUT2D eigenvalue weighted by molar-refractivity contribution is 0.269. The molecule has 2 aromatic rings. The third kappa shape index (κ3) is 3.44. The summed E-state index contributed by atoms with van der Waals surface area (Å²) >= 11 is 0. The van der Waals surface area contributed by atoms with Gasteiger partial charge < -0.3 is 5.32 Å². The Morgan fingerprint density at radius 1 is 1.21 bits per heavy atom. The molecule has 0 radical (unpaired) electrons. The SMILES string of the molecule is Cc1ccccc1[C@@H](NCc1ccn[nH]1)C(C)(C)C. The Morgan fingerprint density at radius 3 is 2.53 bits per heavy atom. The first-order chi connectivity index (χ1) is 8.98. The summed E-state index contributed by atoms with van der Waals surface area (Å²) in [6.45, 7) is 9.78. The molecule has 1 aromatic carbocycles. The lowest BCUT2D eigenvalue weighted by Crippen LogP contribution is -2.32. The van der Waals surface area contributed by atoms with Crippen LogP contribution in [-0.4, -0.2) is 10.2 Å². The molecule has 0 saturated heterocycles. The predicted octanol–water partition coefficient (Wildman–Crippen LogP) is 3.60. The van der Waals surface area contributed by atoms with Gasteiger partial charge in [-0.2, -0.15) is 5.10 Å². The smallest absolute Gasteiger partial charge is 0.0490 e. The molecule has 2 rings (SSSR count). The maximum absolute atomic E-state index is 3.99. The topological polar surface area (TPSA) is 40.7 Å². The molecule has 102 valence electrons. The van der Waals surface area contributed by atoms with Crippen molar-refractivity contribution in [3.8, 4) is 0 Å². The average molecular weight is 257 g/mol. The maximum atomic E-state index is 3.99. The van der Waals surface area contributed by atoms with Crippen LogP contribution in [0, 0.1) is 12.3 Å². The molecule has 0 amide bonds. The minimum atomic E-state index is 0.159. The van der Waals surface area contributed by atoms with Crippen LogP contribution in [0.5, 0.6) is 0 Å². The van der Waals surface area contributed by atoms with Crippen molar-refractivity contribution in [2.75, 3.05) is 0 Å². The molecule has 1 aromatic heterocycles. The number of H-pyrrole nitrogens is 1. The van der Waals surface area contributed by atoms with Gasteiger partial charge in [0, 0.05) is 24.5 Å². The van der Waals surface area contributed by atoms with Crippen LogP contribution >= 0.6 is 0 Å². The second-order valence-corrected chi connectivity index (χ2v) is 6.12. The lowest BCUT2D eigenvalue weighted by atomic mass is 9.81. The number of nitrogens with one attached hydrogen (secondary N) is 2. The van der Waals surface area contributed by atoms with Crippen LogP contribution in [-0.2, 0) is 6.54 Å². The van der Waals surface area contributed by atoms with E-state index in [0.29, 0.717) is 6.04 Å². The number of aromatic amines is 1. The van der Waals surface area contributed by atoms with Crippen molar-refractivity contribution in [2.45, 2.75) is 40.3 Å². The Labute approximate surface area is 115 Å². The summed E-state index contributed by atoms with van der Waals surface area (Å²) in [6, 6.07) is 10.9. The zero-order chi connectivity index (χ0) is 13.9. The van der Waals surface area contributed by atoms with Crippen LogP contribution in [0.4, 0.5) is 0 Å². The summed E-state index contributed by atoms with van der Waals surface area (Å²) in [6.07, 6.45) is 1.79. The maximum Gasteiger partial charge on any atom is 0.0490 e. The van der Waals surface area contributed by atoms with Gasteiger partial charge in [-0.25, -0.2) is 0 Å². The highest BCUT2D eigenvalue weighted by molar-refractivity contribution is 5.30. The van der Waals surface area contributed by atoms with Gasteiger partial charge in [-0.1, -0.05) is 45.0 Å². The van der Waals surface area contributed by atoms with Gasteiger partial charge in [0.05, 0.1) is 0 Å². The van der Waals surface area contributed by atoms with Crippen LogP contribution in [0.25, 0.3) is 0 Å². The fraction of sp³-hybridized carbons (Fsp3) is 0.438. The molecule has 0 aliphatic rings. The first-order valence-electron chi connectivity index (χ1n) is 6.75. The van der Waals surface area contributed by atoms with E-state index in [-0.39, 0.29) is 5.41 Å². The summed E-state index contributed by atoms with van der Waals surface area (Å²) in [5, 5.41) is 10.6. The van der Waals surface area contributed by atoms with E-state index in [0.717, 1.165) is 12.2 Å². The van der Waals surface area contributed by atoms with Gasteiger partial charge in [0.1, 0.15) is 0 Å². The number of hydrogen-bond acceptors (Lipinski definition) is 2. The normalized spacial score (nSPS) is 13.5. The predicted molar refractivity (Wildman–Crippen MR) is 78.8 cm³/mol. The number of rotatable bonds is 4. The molecule has 3 nitrogen and oxygen atoms in total. The van der Waals surface area contributed by atoms with E-state index in [9.17, 15) is 0 Å².